The van der Waals surface area contributed by atoms with E-state index in [9.17, 15) is 4.79 Å². The van der Waals surface area contributed by atoms with E-state index in [1.54, 1.807) is 0 Å². The summed E-state index contributed by atoms with van der Waals surface area (Å²) >= 11 is 0. The molecule has 1 aliphatic heterocycles. The van der Waals surface area contributed by atoms with Gasteiger partial charge in [0.25, 0.3) is 0 Å². The molecule has 1 amide bonds. The number of amidine groups is 1. The Hall–Kier alpha value is -1.06. The van der Waals surface area contributed by atoms with Crippen molar-refractivity contribution in [1.29, 1.82) is 0 Å². The fourth-order valence-corrected chi connectivity index (χ4v) is 7.34. The predicted molar refractivity (Wildman–Crippen MR) is 209 cm³/mol. The van der Waals surface area contributed by atoms with E-state index < -0.39 is 0 Å². The lowest BCUT2D eigenvalue weighted by Crippen LogP contribution is -2.32. The minimum atomic E-state index is 0.247. The van der Waals surface area contributed by atoms with Gasteiger partial charge in [-0.05, 0) is 12.8 Å². The van der Waals surface area contributed by atoms with E-state index in [2.05, 4.69) is 29.1 Å². The van der Waals surface area contributed by atoms with Crippen molar-refractivity contribution in [2.45, 2.75) is 239 Å². The molecule has 1 aliphatic rings. The third-order valence-electron chi connectivity index (χ3n) is 10.6. The Morgan fingerprint density at radius 1 is 0.511 bits per heavy atom. The normalized spacial score (nSPS) is 13.1. The summed E-state index contributed by atoms with van der Waals surface area (Å²) in [5.41, 5.74) is 0. The van der Waals surface area contributed by atoms with Crippen molar-refractivity contribution >= 4 is 11.7 Å². The highest BCUT2D eigenvalue weighted by molar-refractivity contribution is 5.78. The van der Waals surface area contributed by atoms with Crippen LogP contribution in [0.3, 0.4) is 0 Å². The van der Waals surface area contributed by atoms with Crippen molar-refractivity contribution in [2.75, 3.05) is 26.2 Å². The zero-order valence-corrected chi connectivity index (χ0v) is 32.4. The van der Waals surface area contributed by atoms with Gasteiger partial charge in [-0.2, -0.15) is 0 Å². The molecule has 4 heteroatoms. The van der Waals surface area contributed by atoms with Crippen molar-refractivity contribution in [3.05, 3.63) is 0 Å². The van der Waals surface area contributed by atoms with Crippen LogP contribution in [-0.2, 0) is 4.79 Å². The summed E-state index contributed by atoms with van der Waals surface area (Å²) in [4.78, 5) is 12.3. The third kappa shape index (κ3) is 30.7. The Morgan fingerprint density at radius 3 is 1.23 bits per heavy atom. The maximum atomic E-state index is 12.3. The van der Waals surface area contributed by atoms with Gasteiger partial charge in [-0.1, -0.05) is 213 Å². The monoisotopic (exact) mass is 661 g/mol. The second-order valence-electron chi connectivity index (χ2n) is 15.2. The van der Waals surface area contributed by atoms with Crippen LogP contribution in [0.2, 0.25) is 0 Å². The summed E-state index contributed by atoms with van der Waals surface area (Å²) in [5.74, 6) is 1.66. The van der Waals surface area contributed by atoms with E-state index in [1.165, 1.54) is 218 Å². The highest BCUT2D eigenvalue weighted by atomic mass is 16.1. The molecule has 4 nitrogen and oxygen atoms in total. The molecule has 1 heterocycles. The Kier molecular flexibility index (Phi) is 33.9. The quantitative estimate of drug-likeness (QED) is 0.0511. The molecule has 0 saturated heterocycles. The van der Waals surface area contributed by atoms with E-state index in [0.717, 1.165) is 32.6 Å². The highest BCUT2D eigenvalue weighted by Gasteiger charge is 2.19. The van der Waals surface area contributed by atoms with E-state index in [4.69, 9.17) is 0 Å². The van der Waals surface area contributed by atoms with Gasteiger partial charge in [-0.25, -0.2) is 0 Å². The molecule has 0 aliphatic carbocycles. The number of amides is 1. The first-order valence-electron chi connectivity index (χ1n) is 21.9. The van der Waals surface area contributed by atoms with Crippen LogP contribution < -0.4 is 10.6 Å². The molecule has 0 bridgehead atoms. The molecule has 1 rings (SSSR count). The van der Waals surface area contributed by atoms with Gasteiger partial charge >= 0.3 is 0 Å². The van der Waals surface area contributed by atoms with E-state index in [-0.39, 0.29) is 5.91 Å². The molecule has 0 aromatic carbocycles. The number of unbranched alkanes of at least 4 members (excludes halogenated alkanes) is 31. The molecule has 0 aromatic rings. The van der Waals surface area contributed by atoms with Gasteiger partial charge in [-0.15, -0.1) is 0 Å². The molecule has 0 fully saturated rings. The first kappa shape index (κ1) is 44.0. The predicted octanol–water partition coefficient (Wildman–Crippen LogP) is 12.8. The molecule has 0 aromatic heterocycles. The molecule has 47 heavy (non-hydrogen) atoms. The fourth-order valence-electron chi connectivity index (χ4n) is 7.34. The summed E-state index contributed by atoms with van der Waals surface area (Å²) in [6, 6.07) is 0. The van der Waals surface area contributed by atoms with Crippen molar-refractivity contribution in [1.82, 2.24) is 10.6 Å². The Labute approximate surface area is 295 Å². The number of carbonyl (C=O) groups is 1. The maximum Gasteiger partial charge on any atom is 0.244 e. The van der Waals surface area contributed by atoms with Crippen LogP contribution in [0.5, 0.6) is 0 Å². The summed E-state index contributed by atoms with van der Waals surface area (Å²) in [7, 11) is 0. The van der Waals surface area contributed by atoms with Crippen molar-refractivity contribution in [3.8, 4) is 0 Å². The maximum absolute atomic E-state index is 12.3. The summed E-state index contributed by atoms with van der Waals surface area (Å²) < 4.78 is 2.47. The highest BCUT2D eigenvalue weighted by Crippen LogP contribution is 2.16. The second-order valence-corrected chi connectivity index (χ2v) is 15.2. The Balaban J connectivity index is 1.85. The standard InChI is InChI=1S/C43H85N3O/c1-3-5-7-9-11-13-15-17-19-20-21-23-24-26-28-30-32-34-36-42-44-38-40-46(42)41-39-45-43(47)37-35-33-31-29-27-25-22-18-16-14-12-10-8-6-4-2/h3-41H2,1-2H3,(H,45,47)/p+1. The summed E-state index contributed by atoms with van der Waals surface area (Å²) in [6.45, 7) is 8.47. The third-order valence-corrected chi connectivity index (χ3v) is 10.6. The van der Waals surface area contributed by atoms with Gasteiger partial charge in [0, 0.05) is 12.8 Å². The second kappa shape index (κ2) is 36.2. The molecule has 0 radical (unpaired) electrons. The van der Waals surface area contributed by atoms with Crippen LogP contribution in [0.25, 0.3) is 0 Å². The molecular weight excluding hydrogens is 574 g/mol. The van der Waals surface area contributed by atoms with Crippen LogP contribution >= 0.6 is 0 Å². The number of hydrogen-bond acceptors (Lipinski definition) is 2. The number of nitrogens with one attached hydrogen (secondary N) is 2. The smallest absolute Gasteiger partial charge is 0.244 e. The van der Waals surface area contributed by atoms with Gasteiger partial charge < -0.3 is 5.32 Å². The Bertz CT molecular complexity index is 691. The van der Waals surface area contributed by atoms with Gasteiger partial charge in [0.1, 0.15) is 19.6 Å². The van der Waals surface area contributed by atoms with Crippen LogP contribution in [0.1, 0.15) is 239 Å². The average molecular weight is 661 g/mol. The number of carbonyl (C=O) groups excluding carboxylic acids is 1. The zero-order valence-electron chi connectivity index (χ0n) is 32.4. The average Bonchev–Trinajstić information content (AvgIpc) is 3.53. The summed E-state index contributed by atoms with van der Waals surface area (Å²) in [5, 5.41) is 6.80. The van der Waals surface area contributed by atoms with E-state index in [0.29, 0.717) is 6.42 Å². The number of rotatable bonds is 38. The van der Waals surface area contributed by atoms with Crippen molar-refractivity contribution < 1.29 is 9.37 Å². The fraction of sp³-hybridized carbons (Fsp3) is 0.953. The topological polar surface area (TPSA) is 44.1 Å². The first-order valence-corrected chi connectivity index (χ1v) is 21.9. The van der Waals surface area contributed by atoms with E-state index in [1.807, 2.05) is 0 Å². The molecule has 0 atom stereocenters. The van der Waals surface area contributed by atoms with Crippen LogP contribution in [0.4, 0.5) is 0 Å². The molecule has 278 valence electrons. The van der Waals surface area contributed by atoms with Crippen LogP contribution in [-0.4, -0.2) is 42.5 Å². The molecule has 0 unspecified atom stereocenters. The minimum absolute atomic E-state index is 0.247. The Morgan fingerprint density at radius 2 is 0.851 bits per heavy atom. The first-order chi connectivity index (χ1) is 23.3. The SMILES string of the molecule is CCCCCCCCCCCCCCCCCCCCC1=[N+](CCNC(=O)CCCCCCCCCCCCCCCCC)CCN1. The van der Waals surface area contributed by atoms with Crippen molar-refractivity contribution in [3.63, 3.8) is 0 Å². The molecule has 2 N–H and O–H groups in total. The summed E-state index contributed by atoms with van der Waals surface area (Å²) in [6.07, 6.45) is 48.1. The van der Waals surface area contributed by atoms with Crippen molar-refractivity contribution in [2.24, 2.45) is 0 Å². The number of hydrogen-bond donors (Lipinski definition) is 2. The minimum Gasteiger partial charge on any atom is -0.352 e. The van der Waals surface area contributed by atoms with Gasteiger partial charge in [-0.3, -0.25) is 14.7 Å². The van der Waals surface area contributed by atoms with Crippen LogP contribution in [0, 0.1) is 0 Å². The largest absolute Gasteiger partial charge is 0.352 e. The molecular formula is C43H86N3O+. The lowest BCUT2D eigenvalue weighted by molar-refractivity contribution is -0.517. The lowest BCUT2D eigenvalue weighted by atomic mass is 10.0. The molecule has 0 saturated carbocycles. The number of nitrogens with zero attached hydrogens (tertiary/aromatic N) is 1. The van der Waals surface area contributed by atoms with Gasteiger partial charge in [0.15, 0.2) is 0 Å². The van der Waals surface area contributed by atoms with Crippen LogP contribution in [0.15, 0.2) is 0 Å². The lowest BCUT2D eigenvalue weighted by Gasteiger charge is -2.07. The molecule has 0 spiro atoms. The zero-order chi connectivity index (χ0) is 33.7. The van der Waals surface area contributed by atoms with E-state index >= 15 is 0 Å². The van der Waals surface area contributed by atoms with Gasteiger partial charge in [0.05, 0.1) is 6.54 Å². The van der Waals surface area contributed by atoms with Gasteiger partial charge in [0.2, 0.25) is 11.7 Å².